The lowest BCUT2D eigenvalue weighted by Gasteiger charge is -2.16. The SMILES string of the molecule is CCCCS(=O)(=O)C1Cc2cc(C(=O)CCC(=O)O)ccc2C1N. The number of unbranched alkanes of at least 4 members (excludes halogenated alkanes) is 1. The fourth-order valence-electron chi connectivity index (χ4n) is 3.04. The first-order chi connectivity index (χ1) is 11.3. The molecule has 1 aromatic carbocycles. The first-order valence-corrected chi connectivity index (χ1v) is 9.82. The quantitative estimate of drug-likeness (QED) is 0.690. The van der Waals surface area contributed by atoms with Gasteiger partial charge in [-0.3, -0.25) is 9.59 Å². The number of fused-ring (bicyclic) bond motifs is 1. The Labute approximate surface area is 142 Å². The van der Waals surface area contributed by atoms with E-state index >= 15 is 0 Å². The van der Waals surface area contributed by atoms with Crippen molar-refractivity contribution in [1.29, 1.82) is 0 Å². The van der Waals surface area contributed by atoms with E-state index in [0.29, 0.717) is 18.4 Å². The van der Waals surface area contributed by atoms with Gasteiger partial charge in [0, 0.05) is 18.0 Å². The van der Waals surface area contributed by atoms with Crippen molar-refractivity contribution in [3.8, 4) is 0 Å². The second-order valence-corrected chi connectivity index (χ2v) is 8.56. The van der Waals surface area contributed by atoms with E-state index in [1.807, 2.05) is 6.92 Å². The number of nitrogens with two attached hydrogens (primary N) is 1. The van der Waals surface area contributed by atoms with Crippen molar-refractivity contribution in [2.45, 2.75) is 50.3 Å². The Balaban J connectivity index is 2.18. The number of carboxylic acid groups (broad SMARTS) is 1. The van der Waals surface area contributed by atoms with E-state index in [1.54, 1.807) is 18.2 Å². The minimum atomic E-state index is -3.28. The number of Topliss-reactive ketones (excluding diaryl/α,β-unsaturated/α-hetero) is 1. The summed E-state index contributed by atoms with van der Waals surface area (Å²) in [7, 11) is -3.28. The highest BCUT2D eigenvalue weighted by Crippen LogP contribution is 2.35. The zero-order chi connectivity index (χ0) is 17.9. The van der Waals surface area contributed by atoms with Crippen LogP contribution >= 0.6 is 0 Å². The molecule has 0 saturated carbocycles. The lowest BCUT2D eigenvalue weighted by molar-refractivity contribution is -0.136. The number of benzene rings is 1. The van der Waals surface area contributed by atoms with Crippen molar-refractivity contribution in [2.75, 3.05) is 5.75 Å². The van der Waals surface area contributed by atoms with Gasteiger partial charge in [0.05, 0.1) is 17.4 Å². The van der Waals surface area contributed by atoms with E-state index in [4.69, 9.17) is 10.8 Å². The van der Waals surface area contributed by atoms with Gasteiger partial charge < -0.3 is 10.8 Å². The van der Waals surface area contributed by atoms with Crippen molar-refractivity contribution in [3.63, 3.8) is 0 Å². The molecule has 3 N–H and O–H groups in total. The molecule has 2 atom stereocenters. The van der Waals surface area contributed by atoms with Crippen LogP contribution < -0.4 is 5.73 Å². The first-order valence-electron chi connectivity index (χ1n) is 8.11. The molecule has 2 unspecified atom stereocenters. The fourth-order valence-corrected chi connectivity index (χ4v) is 5.06. The van der Waals surface area contributed by atoms with Crippen LogP contribution in [0.2, 0.25) is 0 Å². The lowest BCUT2D eigenvalue weighted by Crippen LogP contribution is -2.32. The summed E-state index contributed by atoms with van der Waals surface area (Å²) in [6.07, 6.45) is 1.43. The number of ketones is 1. The van der Waals surface area contributed by atoms with Gasteiger partial charge in [0.25, 0.3) is 0 Å². The van der Waals surface area contributed by atoms with Crippen LogP contribution in [0.25, 0.3) is 0 Å². The Bertz CT molecular complexity index is 741. The maximum atomic E-state index is 12.5. The summed E-state index contributed by atoms with van der Waals surface area (Å²) in [5.41, 5.74) is 8.07. The number of carbonyl (C=O) groups excluding carboxylic acids is 1. The predicted octanol–water partition coefficient (Wildman–Crippen LogP) is 1.87. The van der Waals surface area contributed by atoms with Crippen LogP contribution in [0.1, 0.15) is 60.1 Å². The van der Waals surface area contributed by atoms with Gasteiger partial charge in [-0.2, -0.15) is 0 Å². The summed E-state index contributed by atoms with van der Waals surface area (Å²) in [6, 6.07) is 4.38. The van der Waals surface area contributed by atoms with Gasteiger partial charge in [0.2, 0.25) is 0 Å². The van der Waals surface area contributed by atoms with Gasteiger partial charge in [-0.05, 0) is 30.0 Å². The van der Waals surface area contributed by atoms with Crippen LogP contribution in [-0.4, -0.2) is 36.3 Å². The minimum Gasteiger partial charge on any atom is -0.481 e. The number of carboxylic acids is 1. The van der Waals surface area contributed by atoms with Crippen LogP contribution in [0.15, 0.2) is 18.2 Å². The van der Waals surface area contributed by atoms with Crippen LogP contribution in [0.5, 0.6) is 0 Å². The molecule has 0 heterocycles. The van der Waals surface area contributed by atoms with Crippen molar-refractivity contribution in [2.24, 2.45) is 5.73 Å². The summed E-state index contributed by atoms with van der Waals surface area (Å²) in [4.78, 5) is 22.6. The van der Waals surface area contributed by atoms with E-state index in [0.717, 1.165) is 17.5 Å². The van der Waals surface area contributed by atoms with Crippen molar-refractivity contribution < 1.29 is 23.1 Å². The molecule has 7 heteroatoms. The summed E-state index contributed by atoms with van der Waals surface area (Å²) in [5, 5.41) is 8.01. The maximum Gasteiger partial charge on any atom is 0.303 e. The molecule has 1 aliphatic carbocycles. The number of sulfone groups is 1. The molecule has 0 radical (unpaired) electrons. The maximum absolute atomic E-state index is 12.5. The second kappa shape index (κ2) is 7.44. The third kappa shape index (κ3) is 4.02. The Kier molecular flexibility index (Phi) is 5.77. The number of rotatable bonds is 8. The third-order valence-electron chi connectivity index (χ3n) is 4.46. The van der Waals surface area contributed by atoms with Crippen LogP contribution in [-0.2, 0) is 21.1 Å². The molecule has 0 bridgehead atoms. The van der Waals surface area contributed by atoms with Crippen molar-refractivity contribution >= 4 is 21.6 Å². The largest absolute Gasteiger partial charge is 0.481 e. The lowest BCUT2D eigenvalue weighted by atomic mass is 10.0. The molecule has 0 fully saturated rings. The minimum absolute atomic E-state index is 0.0710. The van der Waals surface area contributed by atoms with Crippen LogP contribution in [0, 0.1) is 0 Å². The molecule has 1 aromatic rings. The molecular weight excluding hydrogens is 330 g/mol. The van der Waals surface area contributed by atoms with Crippen LogP contribution in [0.3, 0.4) is 0 Å². The molecule has 0 aliphatic heterocycles. The van der Waals surface area contributed by atoms with Gasteiger partial charge in [-0.25, -0.2) is 8.42 Å². The molecule has 0 amide bonds. The molecule has 132 valence electrons. The Morgan fingerprint density at radius 3 is 2.62 bits per heavy atom. The highest BCUT2D eigenvalue weighted by molar-refractivity contribution is 7.92. The smallest absolute Gasteiger partial charge is 0.303 e. The molecule has 2 rings (SSSR count). The Hall–Kier alpha value is -1.73. The van der Waals surface area contributed by atoms with Crippen molar-refractivity contribution in [3.05, 3.63) is 34.9 Å². The number of hydrogen-bond acceptors (Lipinski definition) is 5. The van der Waals surface area contributed by atoms with Gasteiger partial charge in [-0.1, -0.05) is 25.5 Å². The summed E-state index contributed by atoms with van der Waals surface area (Å²) in [6.45, 7) is 1.94. The monoisotopic (exact) mass is 353 g/mol. The summed E-state index contributed by atoms with van der Waals surface area (Å²) >= 11 is 0. The van der Waals surface area contributed by atoms with Crippen LogP contribution in [0.4, 0.5) is 0 Å². The molecular formula is C17H23NO5S. The van der Waals surface area contributed by atoms with Gasteiger partial charge in [0.1, 0.15) is 0 Å². The van der Waals surface area contributed by atoms with Gasteiger partial charge in [-0.15, -0.1) is 0 Å². The Morgan fingerprint density at radius 2 is 2.00 bits per heavy atom. The predicted molar refractivity (Wildman–Crippen MR) is 90.8 cm³/mol. The van der Waals surface area contributed by atoms with Gasteiger partial charge >= 0.3 is 5.97 Å². The molecule has 0 saturated heterocycles. The fraction of sp³-hybridized carbons (Fsp3) is 0.529. The molecule has 0 aromatic heterocycles. The van der Waals surface area contributed by atoms with E-state index in [9.17, 15) is 18.0 Å². The third-order valence-corrected chi connectivity index (χ3v) is 6.70. The molecule has 0 spiro atoms. The normalized spacial score (nSPS) is 19.9. The molecule has 6 nitrogen and oxygen atoms in total. The zero-order valence-corrected chi connectivity index (χ0v) is 14.5. The molecule has 24 heavy (non-hydrogen) atoms. The average Bonchev–Trinajstić information content (AvgIpc) is 2.88. The van der Waals surface area contributed by atoms with E-state index in [2.05, 4.69) is 0 Å². The highest BCUT2D eigenvalue weighted by atomic mass is 32.2. The topological polar surface area (TPSA) is 115 Å². The van der Waals surface area contributed by atoms with E-state index in [-0.39, 0.29) is 24.4 Å². The highest BCUT2D eigenvalue weighted by Gasteiger charge is 2.38. The standard InChI is InChI=1S/C17H23NO5S/c1-2-3-8-24(22,23)15-10-12-9-11(4-5-13(12)17(15)18)14(19)6-7-16(20)21/h4-5,9,15,17H,2-3,6-8,10,18H2,1H3,(H,20,21). The molecule has 1 aliphatic rings. The van der Waals surface area contributed by atoms with E-state index in [1.165, 1.54) is 0 Å². The average molecular weight is 353 g/mol. The number of carbonyl (C=O) groups is 2. The second-order valence-electron chi connectivity index (χ2n) is 6.22. The summed E-state index contributed by atoms with van der Waals surface area (Å²) < 4.78 is 24.9. The summed E-state index contributed by atoms with van der Waals surface area (Å²) in [5.74, 6) is -1.15. The number of aliphatic carboxylic acids is 1. The zero-order valence-electron chi connectivity index (χ0n) is 13.7. The Morgan fingerprint density at radius 1 is 1.29 bits per heavy atom. The first kappa shape index (κ1) is 18.6. The van der Waals surface area contributed by atoms with Gasteiger partial charge in [0.15, 0.2) is 15.6 Å². The van der Waals surface area contributed by atoms with E-state index < -0.39 is 27.1 Å². The number of hydrogen-bond donors (Lipinski definition) is 2. The van der Waals surface area contributed by atoms with Crippen molar-refractivity contribution in [1.82, 2.24) is 0 Å².